The van der Waals surface area contributed by atoms with Crippen molar-refractivity contribution in [3.05, 3.63) is 0 Å². The second-order valence-electron chi connectivity index (χ2n) is 8.46. The summed E-state index contributed by atoms with van der Waals surface area (Å²) in [4.78, 5) is 16.6. The third-order valence-corrected chi connectivity index (χ3v) is 3.99. The van der Waals surface area contributed by atoms with E-state index in [1.54, 1.807) is 0 Å². The molecule has 1 radical (unpaired) electrons. The van der Waals surface area contributed by atoms with E-state index >= 15 is 0 Å². The van der Waals surface area contributed by atoms with Crippen molar-refractivity contribution in [2.24, 2.45) is 10.8 Å². The van der Waals surface area contributed by atoms with Gasteiger partial charge in [0.15, 0.2) is 0 Å². The lowest BCUT2D eigenvalue weighted by molar-refractivity contribution is -0.130. The summed E-state index contributed by atoms with van der Waals surface area (Å²) < 4.78 is 0. The minimum Gasteiger partial charge on any atom is -0.341 e. The van der Waals surface area contributed by atoms with Crippen LogP contribution in [0.4, 0.5) is 0 Å². The Morgan fingerprint density at radius 2 is 1.52 bits per heavy atom. The molecule has 1 aliphatic rings. The molecule has 1 aliphatic heterocycles. The first-order valence-electron chi connectivity index (χ1n) is 9.45. The minimum atomic E-state index is 0.297. The van der Waals surface area contributed by atoms with Gasteiger partial charge in [-0.1, -0.05) is 61.7 Å². The van der Waals surface area contributed by atoms with Crippen LogP contribution in [0.25, 0.3) is 0 Å². The van der Waals surface area contributed by atoms with Crippen molar-refractivity contribution in [3.8, 4) is 0 Å². The standard InChI is InChI=1S/C17H34BN2O.C2H6/c1-7-18-12-15(21)20-10-8-19(9-11-20)14-17(5,6)13-16(2,3)4;1-2/h7-14H2,1-6H3;1-2H3. The lowest BCUT2D eigenvalue weighted by atomic mass is 9.71. The monoisotopic (exact) mass is 323 g/mol. The summed E-state index contributed by atoms with van der Waals surface area (Å²) in [6.45, 7) is 22.7. The number of amides is 1. The van der Waals surface area contributed by atoms with Crippen molar-refractivity contribution in [2.75, 3.05) is 32.7 Å². The maximum Gasteiger partial charge on any atom is 0.214 e. The molecule has 0 aromatic heterocycles. The number of piperazine rings is 1. The third kappa shape index (κ3) is 10.1. The van der Waals surface area contributed by atoms with E-state index in [4.69, 9.17) is 0 Å². The first-order valence-corrected chi connectivity index (χ1v) is 9.45. The van der Waals surface area contributed by atoms with E-state index in [9.17, 15) is 4.79 Å². The minimum absolute atomic E-state index is 0.297. The van der Waals surface area contributed by atoms with Crippen molar-refractivity contribution in [2.45, 2.75) is 74.5 Å². The molecule has 0 spiro atoms. The van der Waals surface area contributed by atoms with Crippen LogP contribution in [-0.2, 0) is 4.79 Å². The maximum absolute atomic E-state index is 12.0. The number of hydrogen-bond acceptors (Lipinski definition) is 2. The highest BCUT2D eigenvalue weighted by molar-refractivity contribution is 6.41. The fourth-order valence-electron chi connectivity index (χ4n) is 3.65. The van der Waals surface area contributed by atoms with E-state index in [1.165, 1.54) is 6.42 Å². The quantitative estimate of drug-likeness (QED) is 0.685. The van der Waals surface area contributed by atoms with Gasteiger partial charge >= 0.3 is 0 Å². The third-order valence-electron chi connectivity index (χ3n) is 3.99. The molecule has 0 aliphatic carbocycles. The zero-order valence-corrected chi connectivity index (χ0v) is 17.0. The van der Waals surface area contributed by atoms with Crippen molar-refractivity contribution < 1.29 is 4.79 Å². The highest BCUT2D eigenvalue weighted by Crippen LogP contribution is 2.33. The van der Waals surface area contributed by atoms with Gasteiger partial charge in [0, 0.05) is 32.7 Å². The zero-order valence-electron chi connectivity index (χ0n) is 17.0. The zero-order chi connectivity index (χ0) is 18.1. The number of carbonyl (C=O) groups is 1. The molecule has 0 N–H and O–H groups in total. The van der Waals surface area contributed by atoms with Gasteiger partial charge in [-0.3, -0.25) is 9.69 Å². The van der Waals surface area contributed by atoms with E-state index in [1.807, 2.05) is 18.7 Å². The molecule has 1 heterocycles. The second-order valence-corrected chi connectivity index (χ2v) is 8.46. The molecule has 3 nitrogen and oxygen atoms in total. The van der Waals surface area contributed by atoms with Gasteiger partial charge in [-0.05, 0) is 23.6 Å². The second kappa shape index (κ2) is 10.4. The summed E-state index contributed by atoms with van der Waals surface area (Å²) in [5, 5.41) is 0. The van der Waals surface area contributed by atoms with Crippen LogP contribution < -0.4 is 0 Å². The van der Waals surface area contributed by atoms with Crippen LogP contribution in [-0.4, -0.2) is 55.7 Å². The van der Waals surface area contributed by atoms with E-state index in [-0.39, 0.29) is 0 Å². The number of rotatable bonds is 6. The molecule has 135 valence electrons. The van der Waals surface area contributed by atoms with Crippen LogP contribution in [0, 0.1) is 10.8 Å². The van der Waals surface area contributed by atoms with E-state index in [0.29, 0.717) is 23.1 Å². The van der Waals surface area contributed by atoms with Crippen molar-refractivity contribution >= 4 is 13.2 Å². The van der Waals surface area contributed by atoms with Gasteiger partial charge in [0.2, 0.25) is 5.91 Å². The van der Waals surface area contributed by atoms with Crippen LogP contribution in [0.5, 0.6) is 0 Å². The van der Waals surface area contributed by atoms with Crippen LogP contribution >= 0.6 is 0 Å². The van der Waals surface area contributed by atoms with Gasteiger partial charge in [0.1, 0.15) is 7.28 Å². The summed E-state index contributed by atoms with van der Waals surface area (Å²) in [7, 11) is 2.07. The first-order chi connectivity index (χ1) is 10.6. The molecule has 0 bridgehead atoms. The summed E-state index contributed by atoms with van der Waals surface area (Å²) >= 11 is 0. The smallest absolute Gasteiger partial charge is 0.214 e. The van der Waals surface area contributed by atoms with Crippen LogP contribution in [0.1, 0.15) is 61.8 Å². The predicted molar refractivity (Wildman–Crippen MR) is 103 cm³/mol. The number of nitrogens with zero attached hydrogens (tertiary/aromatic N) is 2. The Morgan fingerprint density at radius 1 is 1.00 bits per heavy atom. The van der Waals surface area contributed by atoms with Crippen molar-refractivity contribution in [3.63, 3.8) is 0 Å². The van der Waals surface area contributed by atoms with E-state index in [0.717, 1.165) is 39.0 Å². The van der Waals surface area contributed by atoms with Gasteiger partial charge in [-0.15, -0.1) is 0 Å². The summed E-state index contributed by atoms with van der Waals surface area (Å²) in [6, 6.07) is 0. The first kappa shape index (κ1) is 22.5. The average Bonchev–Trinajstić information content (AvgIpc) is 2.44. The summed E-state index contributed by atoms with van der Waals surface area (Å²) in [5.41, 5.74) is 0.706. The molecule has 4 heteroatoms. The largest absolute Gasteiger partial charge is 0.341 e. The highest BCUT2D eigenvalue weighted by atomic mass is 16.2. The van der Waals surface area contributed by atoms with Gasteiger partial charge in [0.05, 0.1) is 0 Å². The lowest BCUT2D eigenvalue weighted by Gasteiger charge is -2.41. The Morgan fingerprint density at radius 3 is 1.96 bits per heavy atom. The van der Waals surface area contributed by atoms with Crippen LogP contribution in [0.15, 0.2) is 0 Å². The Hall–Kier alpha value is -0.505. The molecule has 23 heavy (non-hydrogen) atoms. The summed E-state index contributed by atoms with van der Waals surface area (Å²) in [5.74, 6) is 0.297. The van der Waals surface area contributed by atoms with Crippen molar-refractivity contribution in [1.82, 2.24) is 9.80 Å². The molecule has 0 atom stereocenters. The van der Waals surface area contributed by atoms with Crippen LogP contribution in [0.3, 0.4) is 0 Å². The number of hydrogen-bond donors (Lipinski definition) is 0. The highest BCUT2D eigenvalue weighted by Gasteiger charge is 2.29. The molecular weight excluding hydrogens is 283 g/mol. The van der Waals surface area contributed by atoms with Crippen molar-refractivity contribution in [1.29, 1.82) is 0 Å². The van der Waals surface area contributed by atoms with Gasteiger partial charge in [0.25, 0.3) is 0 Å². The summed E-state index contributed by atoms with van der Waals surface area (Å²) in [6.07, 6.45) is 2.81. The Labute approximate surface area is 146 Å². The van der Waals surface area contributed by atoms with Gasteiger partial charge in [-0.2, -0.15) is 0 Å². The Kier molecular flexibility index (Phi) is 10.2. The number of carbonyl (C=O) groups excluding carboxylic acids is 1. The molecule has 1 amide bonds. The molecule has 0 aromatic carbocycles. The fraction of sp³-hybridized carbons (Fsp3) is 0.947. The lowest BCUT2D eigenvalue weighted by Crippen LogP contribution is -2.51. The molecular formula is C19H40BN2O. The molecule has 1 rings (SSSR count). The fourth-order valence-corrected chi connectivity index (χ4v) is 3.65. The Bertz CT molecular complexity index is 329. The molecule has 0 unspecified atom stereocenters. The molecule has 0 aromatic rings. The topological polar surface area (TPSA) is 23.6 Å². The van der Waals surface area contributed by atoms with E-state index in [2.05, 4.69) is 53.7 Å². The average molecular weight is 323 g/mol. The van der Waals surface area contributed by atoms with Gasteiger partial charge in [-0.25, -0.2) is 0 Å². The van der Waals surface area contributed by atoms with Crippen LogP contribution in [0.2, 0.25) is 12.6 Å². The molecule has 0 saturated carbocycles. The van der Waals surface area contributed by atoms with Gasteiger partial charge < -0.3 is 4.90 Å². The Balaban J connectivity index is 0.00000232. The SMILES string of the molecule is CC.CC[B]CC(=O)N1CCN(CC(C)(C)CC(C)(C)C)CC1. The normalized spacial score (nSPS) is 16.6. The molecule has 1 saturated heterocycles. The molecule has 1 fully saturated rings. The van der Waals surface area contributed by atoms with E-state index < -0.39 is 0 Å². The predicted octanol–water partition coefficient (Wildman–Crippen LogP) is 4.18. The maximum atomic E-state index is 12.0.